The van der Waals surface area contributed by atoms with Crippen molar-refractivity contribution in [1.29, 1.82) is 0 Å². The number of hydrogen-bond acceptors (Lipinski definition) is 3. The topological polar surface area (TPSA) is 42.0 Å². The standard InChI is InChI=1S/C17H13ClN2OS/c18-13-8-9-19-14(11-13)17(21)20-16(15-7-4-10-22-15)12-5-2-1-3-6-12/h1-11,16H,(H,20,21). The molecule has 22 heavy (non-hydrogen) atoms. The van der Waals surface area contributed by atoms with E-state index in [4.69, 9.17) is 11.6 Å². The highest BCUT2D eigenvalue weighted by atomic mass is 35.5. The summed E-state index contributed by atoms with van der Waals surface area (Å²) in [4.78, 5) is 17.6. The molecule has 0 spiro atoms. The summed E-state index contributed by atoms with van der Waals surface area (Å²) in [6, 6.07) is 16.9. The molecule has 3 rings (SSSR count). The minimum Gasteiger partial charge on any atom is -0.339 e. The molecule has 3 nitrogen and oxygen atoms in total. The first-order valence-corrected chi connectivity index (χ1v) is 8.00. The highest BCUT2D eigenvalue weighted by Crippen LogP contribution is 2.26. The zero-order valence-electron chi connectivity index (χ0n) is 11.6. The van der Waals surface area contributed by atoms with Gasteiger partial charge in [0.25, 0.3) is 5.91 Å². The molecule has 0 aliphatic rings. The lowest BCUT2D eigenvalue weighted by molar-refractivity contribution is 0.0938. The van der Waals surface area contributed by atoms with E-state index in [-0.39, 0.29) is 11.9 Å². The van der Waals surface area contributed by atoms with Crippen LogP contribution in [-0.4, -0.2) is 10.9 Å². The van der Waals surface area contributed by atoms with Crippen molar-refractivity contribution in [3.05, 3.63) is 87.3 Å². The number of amides is 1. The van der Waals surface area contributed by atoms with E-state index >= 15 is 0 Å². The number of hydrogen-bond donors (Lipinski definition) is 1. The zero-order valence-corrected chi connectivity index (χ0v) is 13.1. The maximum atomic E-state index is 12.4. The summed E-state index contributed by atoms with van der Waals surface area (Å²) in [5.41, 5.74) is 1.34. The molecule has 1 unspecified atom stereocenters. The second-order valence-electron chi connectivity index (χ2n) is 4.69. The molecule has 0 bridgehead atoms. The summed E-state index contributed by atoms with van der Waals surface area (Å²) < 4.78 is 0. The molecule has 0 radical (unpaired) electrons. The lowest BCUT2D eigenvalue weighted by Gasteiger charge is -2.18. The quantitative estimate of drug-likeness (QED) is 0.775. The Morgan fingerprint density at radius 2 is 1.95 bits per heavy atom. The summed E-state index contributed by atoms with van der Waals surface area (Å²) in [6.45, 7) is 0. The zero-order chi connectivity index (χ0) is 15.4. The average Bonchev–Trinajstić information content (AvgIpc) is 3.07. The van der Waals surface area contributed by atoms with Crippen molar-refractivity contribution in [3.63, 3.8) is 0 Å². The van der Waals surface area contributed by atoms with Gasteiger partial charge >= 0.3 is 0 Å². The van der Waals surface area contributed by atoms with Crippen LogP contribution in [-0.2, 0) is 0 Å². The summed E-state index contributed by atoms with van der Waals surface area (Å²) in [5.74, 6) is -0.246. The second-order valence-corrected chi connectivity index (χ2v) is 6.11. The SMILES string of the molecule is O=C(NC(c1ccccc1)c1cccs1)c1cc(Cl)ccn1. The molecular formula is C17H13ClN2OS. The van der Waals surface area contributed by atoms with Crippen molar-refractivity contribution in [1.82, 2.24) is 10.3 Å². The predicted octanol–water partition coefficient (Wildman–Crippen LogP) is 4.32. The Bertz CT molecular complexity index is 759. The number of benzene rings is 1. The molecule has 0 saturated carbocycles. The number of halogens is 1. The van der Waals surface area contributed by atoms with Crippen LogP contribution in [0, 0.1) is 0 Å². The van der Waals surface area contributed by atoms with Crippen molar-refractivity contribution in [3.8, 4) is 0 Å². The van der Waals surface area contributed by atoms with Gasteiger partial charge in [0.05, 0.1) is 6.04 Å². The molecule has 5 heteroatoms. The molecule has 0 saturated heterocycles. The Morgan fingerprint density at radius 1 is 1.14 bits per heavy atom. The van der Waals surface area contributed by atoms with Crippen LogP contribution in [0.5, 0.6) is 0 Å². The van der Waals surface area contributed by atoms with Gasteiger partial charge in [0, 0.05) is 16.1 Å². The van der Waals surface area contributed by atoms with Crippen molar-refractivity contribution < 1.29 is 4.79 Å². The Balaban J connectivity index is 1.89. The van der Waals surface area contributed by atoms with E-state index in [0.717, 1.165) is 10.4 Å². The molecule has 0 aliphatic carbocycles. The van der Waals surface area contributed by atoms with Crippen LogP contribution in [0.2, 0.25) is 5.02 Å². The summed E-state index contributed by atoms with van der Waals surface area (Å²) in [5, 5.41) is 5.52. The van der Waals surface area contributed by atoms with Gasteiger partial charge in [-0.3, -0.25) is 9.78 Å². The number of thiophene rings is 1. The first-order chi connectivity index (χ1) is 10.7. The van der Waals surface area contributed by atoms with Gasteiger partial charge in [-0.05, 0) is 29.1 Å². The van der Waals surface area contributed by atoms with Gasteiger partial charge < -0.3 is 5.32 Å². The van der Waals surface area contributed by atoms with Crippen molar-refractivity contribution >= 4 is 28.8 Å². The Kier molecular flexibility index (Phi) is 4.51. The van der Waals surface area contributed by atoms with Gasteiger partial charge in [-0.2, -0.15) is 0 Å². The molecule has 1 atom stereocenters. The second kappa shape index (κ2) is 6.73. The number of rotatable bonds is 4. The van der Waals surface area contributed by atoms with Crippen LogP contribution >= 0.6 is 22.9 Å². The van der Waals surface area contributed by atoms with E-state index < -0.39 is 0 Å². The van der Waals surface area contributed by atoms with E-state index in [0.29, 0.717) is 10.7 Å². The average molecular weight is 329 g/mol. The minimum absolute atomic E-state index is 0.200. The van der Waals surface area contributed by atoms with Crippen LogP contribution in [0.3, 0.4) is 0 Å². The molecule has 2 heterocycles. The predicted molar refractivity (Wildman–Crippen MR) is 89.3 cm³/mol. The molecule has 3 aromatic rings. The Labute approximate surface area is 137 Å². The van der Waals surface area contributed by atoms with Crippen molar-refractivity contribution in [2.24, 2.45) is 0 Å². The van der Waals surface area contributed by atoms with E-state index in [1.807, 2.05) is 47.8 Å². The number of nitrogens with zero attached hydrogens (tertiary/aromatic N) is 1. The fourth-order valence-corrected chi connectivity index (χ4v) is 3.12. The lowest BCUT2D eigenvalue weighted by Crippen LogP contribution is -2.29. The normalized spacial score (nSPS) is 11.9. The van der Waals surface area contributed by atoms with Gasteiger partial charge in [-0.25, -0.2) is 0 Å². The monoisotopic (exact) mass is 328 g/mol. The maximum Gasteiger partial charge on any atom is 0.270 e. The number of pyridine rings is 1. The maximum absolute atomic E-state index is 12.4. The fourth-order valence-electron chi connectivity index (χ4n) is 2.15. The van der Waals surface area contributed by atoms with E-state index in [9.17, 15) is 4.79 Å². The van der Waals surface area contributed by atoms with Crippen molar-refractivity contribution in [2.45, 2.75) is 6.04 Å². The molecular weight excluding hydrogens is 316 g/mol. The van der Waals surface area contributed by atoms with Gasteiger partial charge in [-0.15, -0.1) is 11.3 Å². The minimum atomic E-state index is -0.246. The third kappa shape index (κ3) is 3.35. The van der Waals surface area contributed by atoms with Gasteiger partial charge in [0.15, 0.2) is 0 Å². The number of aromatic nitrogens is 1. The van der Waals surface area contributed by atoms with Crippen molar-refractivity contribution in [2.75, 3.05) is 0 Å². The summed E-state index contributed by atoms with van der Waals surface area (Å²) in [7, 11) is 0. The molecule has 1 N–H and O–H groups in total. The molecule has 1 aromatic carbocycles. The lowest BCUT2D eigenvalue weighted by atomic mass is 10.1. The molecule has 0 fully saturated rings. The van der Waals surface area contributed by atoms with Crippen LogP contribution in [0.15, 0.2) is 66.2 Å². The third-order valence-electron chi connectivity index (χ3n) is 3.19. The van der Waals surface area contributed by atoms with E-state index in [1.54, 1.807) is 23.5 Å². The highest BCUT2D eigenvalue weighted by Gasteiger charge is 2.19. The number of nitrogens with one attached hydrogen (secondary N) is 1. The molecule has 1 amide bonds. The van der Waals surface area contributed by atoms with E-state index in [1.165, 1.54) is 6.20 Å². The largest absolute Gasteiger partial charge is 0.339 e. The Morgan fingerprint density at radius 3 is 2.64 bits per heavy atom. The number of carbonyl (C=O) groups excluding carboxylic acids is 1. The molecule has 110 valence electrons. The van der Waals surface area contributed by atoms with Crippen LogP contribution in [0.1, 0.15) is 27.0 Å². The number of carbonyl (C=O) groups is 1. The van der Waals surface area contributed by atoms with Gasteiger partial charge in [0.2, 0.25) is 0 Å². The fraction of sp³-hybridized carbons (Fsp3) is 0.0588. The third-order valence-corrected chi connectivity index (χ3v) is 4.36. The smallest absolute Gasteiger partial charge is 0.270 e. The van der Waals surface area contributed by atoms with Crippen LogP contribution in [0.25, 0.3) is 0 Å². The first-order valence-electron chi connectivity index (χ1n) is 6.75. The molecule has 2 aromatic heterocycles. The van der Waals surface area contributed by atoms with E-state index in [2.05, 4.69) is 10.3 Å². The highest BCUT2D eigenvalue weighted by molar-refractivity contribution is 7.10. The van der Waals surface area contributed by atoms with Gasteiger partial charge in [-0.1, -0.05) is 48.0 Å². The van der Waals surface area contributed by atoms with Crippen LogP contribution < -0.4 is 5.32 Å². The Hall–Kier alpha value is -2.17. The van der Waals surface area contributed by atoms with Gasteiger partial charge in [0.1, 0.15) is 5.69 Å². The summed E-state index contributed by atoms with van der Waals surface area (Å²) >= 11 is 7.53. The summed E-state index contributed by atoms with van der Waals surface area (Å²) in [6.07, 6.45) is 1.53. The van der Waals surface area contributed by atoms with Crippen LogP contribution in [0.4, 0.5) is 0 Å². The molecule has 0 aliphatic heterocycles. The first kappa shape index (κ1) is 14.8.